The molecule has 2 N–H and O–H groups in total. The van der Waals surface area contributed by atoms with E-state index < -0.39 is 0 Å². The molecule has 0 aromatic heterocycles. The number of benzene rings is 1. The number of hydrogen-bond acceptors (Lipinski definition) is 5. The van der Waals surface area contributed by atoms with Crippen LogP contribution >= 0.6 is 0 Å². The molecule has 1 heterocycles. The molecule has 2 aliphatic rings. The molecule has 0 atom stereocenters. The average molecular weight is 403 g/mol. The fraction of sp³-hybridized carbons (Fsp3) is 0.682. The largest absolute Gasteiger partial charge is 0.377 e. The highest BCUT2D eigenvalue weighted by molar-refractivity contribution is 5.79. The summed E-state index contributed by atoms with van der Waals surface area (Å²) in [7, 11) is 0. The Morgan fingerprint density at radius 1 is 1.17 bits per heavy atom. The van der Waals surface area contributed by atoms with Gasteiger partial charge in [-0.3, -0.25) is 19.8 Å². The van der Waals surface area contributed by atoms with Gasteiger partial charge in [0.05, 0.1) is 4.92 Å². The van der Waals surface area contributed by atoms with Gasteiger partial charge in [0, 0.05) is 30.6 Å². The van der Waals surface area contributed by atoms with E-state index in [9.17, 15) is 14.9 Å². The molecule has 7 heteroatoms. The fourth-order valence-corrected chi connectivity index (χ4v) is 4.45. The molecule has 3 rings (SSSR count). The summed E-state index contributed by atoms with van der Waals surface area (Å²) in [4.78, 5) is 25.8. The highest BCUT2D eigenvalue weighted by atomic mass is 16.6. The lowest BCUT2D eigenvalue weighted by atomic mass is 9.85. The van der Waals surface area contributed by atoms with E-state index in [1.165, 1.54) is 19.3 Å². The number of amides is 1. The molecular weight excluding hydrogens is 368 g/mol. The quantitative estimate of drug-likeness (QED) is 0.530. The van der Waals surface area contributed by atoms with Crippen molar-refractivity contribution in [3.05, 3.63) is 33.9 Å². The number of nitro benzene ring substituents is 1. The van der Waals surface area contributed by atoms with Crippen LogP contribution in [0.4, 0.5) is 11.4 Å². The third kappa shape index (κ3) is 6.16. The van der Waals surface area contributed by atoms with E-state index in [0.29, 0.717) is 5.69 Å². The molecular formula is C22H34N4O3. The topological polar surface area (TPSA) is 87.5 Å². The summed E-state index contributed by atoms with van der Waals surface area (Å²) < 4.78 is 0. The lowest BCUT2D eigenvalue weighted by molar-refractivity contribution is -0.384. The molecule has 1 aliphatic carbocycles. The van der Waals surface area contributed by atoms with E-state index in [0.717, 1.165) is 50.9 Å². The first-order valence-electron chi connectivity index (χ1n) is 11.0. The lowest BCUT2D eigenvalue weighted by Crippen LogP contribution is -2.38. The second kappa shape index (κ2) is 10.1. The van der Waals surface area contributed by atoms with Crippen molar-refractivity contribution < 1.29 is 9.72 Å². The molecule has 0 bridgehead atoms. The van der Waals surface area contributed by atoms with Crippen LogP contribution < -0.4 is 10.6 Å². The smallest absolute Gasteiger partial charge is 0.292 e. The molecule has 160 valence electrons. The van der Waals surface area contributed by atoms with Gasteiger partial charge in [-0.2, -0.15) is 0 Å². The van der Waals surface area contributed by atoms with Crippen molar-refractivity contribution >= 4 is 17.3 Å². The van der Waals surface area contributed by atoms with Gasteiger partial charge in [0.1, 0.15) is 5.69 Å². The zero-order valence-electron chi connectivity index (χ0n) is 17.7. The van der Waals surface area contributed by atoms with Crippen molar-refractivity contribution in [1.29, 1.82) is 0 Å². The third-order valence-electron chi connectivity index (χ3n) is 6.00. The Bertz CT molecular complexity index is 708. The number of hydrogen-bond donors (Lipinski definition) is 2. The summed E-state index contributed by atoms with van der Waals surface area (Å²) in [5, 5.41) is 17.9. The van der Waals surface area contributed by atoms with Gasteiger partial charge < -0.3 is 10.6 Å². The first-order valence-corrected chi connectivity index (χ1v) is 11.0. The number of carbonyl (C=O) groups is 1. The van der Waals surface area contributed by atoms with Crippen molar-refractivity contribution in [3.8, 4) is 0 Å². The van der Waals surface area contributed by atoms with Gasteiger partial charge in [-0.05, 0) is 77.1 Å². The maximum Gasteiger partial charge on any atom is 0.292 e. The van der Waals surface area contributed by atoms with Gasteiger partial charge in [-0.15, -0.1) is 0 Å². The van der Waals surface area contributed by atoms with Crippen LogP contribution in [0, 0.1) is 16.0 Å². The van der Waals surface area contributed by atoms with Crippen molar-refractivity contribution in [2.45, 2.75) is 77.4 Å². The summed E-state index contributed by atoms with van der Waals surface area (Å²) in [6.45, 7) is 6.99. The minimum Gasteiger partial charge on any atom is -0.377 e. The predicted molar refractivity (Wildman–Crippen MR) is 115 cm³/mol. The summed E-state index contributed by atoms with van der Waals surface area (Å²) in [6.07, 6.45) is 7.08. The zero-order chi connectivity index (χ0) is 20.8. The number of likely N-dealkylation sites (tertiary alicyclic amines) is 1. The molecule has 29 heavy (non-hydrogen) atoms. The number of carbonyl (C=O) groups excluding carboxylic acids is 1. The van der Waals surface area contributed by atoms with Crippen LogP contribution in [-0.4, -0.2) is 40.9 Å². The third-order valence-corrected chi connectivity index (χ3v) is 6.00. The van der Waals surface area contributed by atoms with Crippen molar-refractivity contribution in [2.24, 2.45) is 5.92 Å². The molecule has 1 aromatic carbocycles. The van der Waals surface area contributed by atoms with Gasteiger partial charge in [0.15, 0.2) is 0 Å². The van der Waals surface area contributed by atoms with Crippen molar-refractivity contribution in [1.82, 2.24) is 10.2 Å². The van der Waals surface area contributed by atoms with Crippen LogP contribution in [0.1, 0.15) is 64.4 Å². The van der Waals surface area contributed by atoms with E-state index in [1.54, 1.807) is 6.07 Å². The Morgan fingerprint density at radius 3 is 2.48 bits per heavy atom. The standard InChI is InChI=1S/C22H34N4O3/c1-16(2)23-22(27)18-7-9-19(10-8-18)24-20-14-17(6-11-21(20)26(28)29)15-25-12-4-3-5-13-25/h6,11,14,16,18-19,24H,3-5,7-10,12-13,15H2,1-2H3,(H,23,27). The molecule has 1 amide bonds. The van der Waals surface area contributed by atoms with E-state index in [2.05, 4.69) is 15.5 Å². The SMILES string of the molecule is CC(C)NC(=O)C1CCC(Nc2cc(CN3CCCCC3)ccc2[N+](=O)[O-])CC1. The highest BCUT2D eigenvalue weighted by Gasteiger charge is 2.28. The summed E-state index contributed by atoms with van der Waals surface area (Å²) in [5.41, 5.74) is 1.86. The van der Waals surface area contributed by atoms with E-state index in [-0.39, 0.29) is 34.5 Å². The number of nitrogens with one attached hydrogen (secondary N) is 2. The number of nitrogens with zero attached hydrogens (tertiary/aromatic N) is 2. The zero-order valence-corrected chi connectivity index (χ0v) is 17.7. The molecule has 1 saturated heterocycles. The fourth-order valence-electron chi connectivity index (χ4n) is 4.45. The Labute approximate surface area is 173 Å². The summed E-state index contributed by atoms with van der Waals surface area (Å²) in [5.74, 6) is 0.184. The molecule has 0 spiro atoms. The number of nitro groups is 1. The van der Waals surface area contributed by atoms with E-state index in [1.807, 2.05) is 26.0 Å². The monoisotopic (exact) mass is 402 g/mol. The van der Waals surface area contributed by atoms with Crippen molar-refractivity contribution in [2.75, 3.05) is 18.4 Å². The highest BCUT2D eigenvalue weighted by Crippen LogP contribution is 2.32. The van der Waals surface area contributed by atoms with Gasteiger partial charge in [0.25, 0.3) is 5.69 Å². The molecule has 1 saturated carbocycles. The van der Waals surface area contributed by atoms with E-state index >= 15 is 0 Å². The minimum absolute atomic E-state index is 0.0517. The van der Waals surface area contributed by atoms with Crippen molar-refractivity contribution in [3.63, 3.8) is 0 Å². The van der Waals surface area contributed by atoms with E-state index in [4.69, 9.17) is 0 Å². The first kappa shape index (κ1) is 21.6. The van der Waals surface area contributed by atoms with Crippen LogP contribution in [0.3, 0.4) is 0 Å². The average Bonchev–Trinajstić information content (AvgIpc) is 2.69. The Balaban J connectivity index is 1.62. The molecule has 2 fully saturated rings. The Hall–Kier alpha value is -2.15. The number of anilines is 1. The second-order valence-corrected chi connectivity index (χ2v) is 8.80. The van der Waals surface area contributed by atoms with Gasteiger partial charge in [-0.25, -0.2) is 0 Å². The summed E-state index contributed by atoms with van der Waals surface area (Å²) >= 11 is 0. The lowest BCUT2D eigenvalue weighted by Gasteiger charge is -2.30. The van der Waals surface area contributed by atoms with Crippen LogP contribution in [0.2, 0.25) is 0 Å². The molecule has 1 aromatic rings. The Morgan fingerprint density at radius 2 is 1.86 bits per heavy atom. The van der Waals surface area contributed by atoms with Crippen LogP contribution in [-0.2, 0) is 11.3 Å². The maximum absolute atomic E-state index is 12.2. The van der Waals surface area contributed by atoms with Gasteiger partial charge in [0.2, 0.25) is 5.91 Å². The Kier molecular flexibility index (Phi) is 7.47. The first-order chi connectivity index (χ1) is 13.9. The van der Waals surface area contributed by atoms with Crippen LogP contribution in [0.25, 0.3) is 0 Å². The van der Waals surface area contributed by atoms with Gasteiger partial charge >= 0.3 is 0 Å². The number of piperidine rings is 1. The predicted octanol–water partition coefficient (Wildman–Crippen LogP) is 4.08. The minimum atomic E-state index is -0.311. The van der Waals surface area contributed by atoms with Crippen LogP contribution in [0.5, 0.6) is 0 Å². The molecule has 1 aliphatic heterocycles. The van der Waals surface area contributed by atoms with Gasteiger partial charge in [-0.1, -0.05) is 12.5 Å². The molecule has 0 radical (unpaired) electrons. The molecule has 0 unspecified atom stereocenters. The normalized spacial score (nSPS) is 23.0. The number of rotatable bonds is 7. The maximum atomic E-state index is 12.2. The van der Waals surface area contributed by atoms with Crippen LogP contribution in [0.15, 0.2) is 18.2 Å². The summed E-state index contributed by atoms with van der Waals surface area (Å²) in [6, 6.07) is 5.78. The second-order valence-electron chi connectivity index (χ2n) is 8.80. The molecule has 7 nitrogen and oxygen atoms in total.